The number of H-pyrrole nitrogens is 1. The summed E-state index contributed by atoms with van der Waals surface area (Å²) < 4.78 is 0. The molecule has 2 aromatic heterocycles. The van der Waals surface area contributed by atoms with Crippen LogP contribution in [0.4, 0.5) is 16.2 Å². The molecule has 0 spiro atoms. The van der Waals surface area contributed by atoms with Crippen molar-refractivity contribution in [3.05, 3.63) is 83.8 Å². The van der Waals surface area contributed by atoms with Crippen molar-refractivity contribution in [3.8, 4) is 0 Å². The highest BCUT2D eigenvalue weighted by Crippen LogP contribution is 2.22. The smallest absolute Gasteiger partial charge is 0.308 e. The van der Waals surface area contributed by atoms with Gasteiger partial charge in [0.25, 0.3) is 0 Å². The molecular formula is C22H19N5O. The lowest BCUT2D eigenvalue weighted by Gasteiger charge is -2.08. The summed E-state index contributed by atoms with van der Waals surface area (Å²) in [5.41, 5.74) is 5.25. The summed E-state index contributed by atoms with van der Waals surface area (Å²) in [7, 11) is 0. The molecule has 0 bridgehead atoms. The molecule has 0 saturated carbocycles. The molecule has 0 radical (unpaired) electrons. The standard InChI is InChI=1S/C22H19N5O/c1-15-4-7-17(8-5-15)24-22(28)25-18-9-10-19-20(26-27-21(19)13-18)11-6-16-3-2-12-23-14-16/h2-14H,1H3,(H,26,27)(H2,24,25,28)/b11-6+. The first kappa shape index (κ1) is 17.5. The van der Waals surface area contributed by atoms with Crippen LogP contribution in [0.15, 0.2) is 67.0 Å². The summed E-state index contributed by atoms with van der Waals surface area (Å²) in [5.74, 6) is 0. The Bertz CT molecular complexity index is 1130. The number of nitrogens with zero attached hydrogens (tertiary/aromatic N) is 2. The number of aromatic nitrogens is 3. The number of anilines is 2. The lowest BCUT2D eigenvalue weighted by molar-refractivity contribution is 0.262. The molecule has 0 aliphatic heterocycles. The zero-order chi connectivity index (χ0) is 19.3. The quantitative estimate of drug-likeness (QED) is 0.469. The van der Waals surface area contributed by atoms with Crippen LogP contribution in [0.5, 0.6) is 0 Å². The third-order valence-corrected chi connectivity index (χ3v) is 4.28. The molecule has 0 fully saturated rings. The second-order valence-corrected chi connectivity index (χ2v) is 6.43. The average Bonchev–Trinajstić information content (AvgIpc) is 3.11. The number of aromatic amines is 1. The number of benzene rings is 2. The van der Waals surface area contributed by atoms with Gasteiger partial charge >= 0.3 is 6.03 Å². The largest absolute Gasteiger partial charge is 0.323 e. The Morgan fingerprint density at radius 1 is 1.00 bits per heavy atom. The van der Waals surface area contributed by atoms with Gasteiger partial charge in [0.1, 0.15) is 0 Å². The predicted molar refractivity (Wildman–Crippen MR) is 113 cm³/mol. The fourth-order valence-electron chi connectivity index (χ4n) is 2.83. The first-order chi connectivity index (χ1) is 13.7. The Balaban J connectivity index is 1.47. The molecule has 2 aromatic carbocycles. The molecule has 0 aliphatic carbocycles. The second kappa shape index (κ2) is 7.75. The van der Waals surface area contributed by atoms with Gasteiger partial charge in [0.15, 0.2) is 0 Å². The number of hydrogen-bond acceptors (Lipinski definition) is 3. The summed E-state index contributed by atoms with van der Waals surface area (Å²) in [6, 6.07) is 16.9. The molecule has 2 amide bonds. The Hall–Kier alpha value is -3.93. The van der Waals surface area contributed by atoms with Gasteiger partial charge in [0.2, 0.25) is 0 Å². The van der Waals surface area contributed by atoms with Crippen LogP contribution in [0.3, 0.4) is 0 Å². The molecule has 4 aromatic rings. The highest BCUT2D eigenvalue weighted by Gasteiger charge is 2.07. The van der Waals surface area contributed by atoms with Crippen LogP contribution in [0.25, 0.3) is 23.1 Å². The van der Waals surface area contributed by atoms with Gasteiger partial charge in [0, 0.05) is 29.2 Å². The van der Waals surface area contributed by atoms with E-state index in [9.17, 15) is 4.79 Å². The maximum atomic E-state index is 12.2. The first-order valence-electron chi connectivity index (χ1n) is 8.88. The summed E-state index contributed by atoms with van der Waals surface area (Å²) in [6.07, 6.45) is 7.43. The SMILES string of the molecule is Cc1ccc(NC(=O)Nc2ccc3c(/C=C/c4cccnc4)n[nH]c3c2)cc1. The lowest BCUT2D eigenvalue weighted by Crippen LogP contribution is -2.19. The fourth-order valence-corrected chi connectivity index (χ4v) is 2.83. The second-order valence-electron chi connectivity index (χ2n) is 6.43. The number of hydrogen-bond donors (Lipinski definition) is 3. The van der Waals surface area contributed by atoms with Crippen molar-refractivity contribution in [2.24, 2.45) is 0 Å². The van der Waals surface area contributed by atoms with E-state index in [1.165, 1.54) is 0 Å². The normalized spacial score (nSPS) is 11.0. The monoisotopic (exact) mass is 369 g/mol. The Kier molecular flexibility index (Phi) is 4.84. The number of rotatable bonds is 4. The molecule has 0 saturated heterocycles. The summed E-state index contributed by atoms with van der Waals surface area (Å²) in [6.45, 7) is 2.00. The minimum atomic E-state index is -0.292. The van der Waals surface area contributed by atoms with Crippen LogP contribution >= 0.6 is 0 Å². The van der Waals surface area contributed by atoms with Gasteiger partial charge in [-0.2, -0.15) is 5.10 Å². The molecule has 0 aliphatic rings. The van der Waals surface area contributed by atoms with Crippen molar-refractivity contribution in [2.45, 2.75) is 6.92 Å². The van der Waals surface area contributed by atoms with E-state index < -0.39 is 0 Å². The first-order valence-corrected chi connectivity index (χ1v) is 8.88. The number of pyridine rings is 1. The number of amides is 2. The van der Waals surface area contributed by atoms with Crippen molar-refractivity contribution in [2.75, 3.05) is 10.6 Å². The molecule has 3 N–H and O–H groups in total. The van der Waals surface area contributed by atoms with E-state index in [-0.39, 0.29) is 6.03 Å². The van der Waals surface area contributed by atoms with Crippen LogP contribution in [0, 0.1) is 6.92 Å². The third-order valence-electron chi connectivity index (χ3n) is 4.28. The fraction of sp³-hybridized carbons (Fsp3) is 0.0455. The average molecular weight is 369 g/mol. The van der Waals surface area contributed by atoms with Crippen LogP contribution < -0.4 is 10.6 Å². The van der Waals surface area contributed by atoms with Crippen LogP contribution in [-0.4, -0.2) is 21.2 Å². The Morgan fingerprint density at radius 2 is 1.79 bits per heavy atom. The molecule has 6 heteroatoms. The third kappa shape index (κ3) is 4.07. The van der Waals surface area contributed by atoms with Gasteiger partial charge < -0.3 is 10.6 Å². The summed E-state index contributed by atoms with van der Waals surface area (Å²) in [4.78, 5) is 16.3. The van der Waals surface area contributed by atoms with Gasteiger partial charge in [-0.15, -0.1) is 0 Å². The zero-order valence-corrected chi connectivity index (χ0v) is 15.3. The highest BCUT2D eigenvalue weighted by molar-refractivity contribution is 6.01. The van der Waals surface area contributed by atoms with E-state index in [2.05, 4.69) is 25.8 Å². The van der Waals surface area contributed by atoms with Crippen LogP contribution in [0.2, 0.25) is 0 Å². The number of carbonyl (C=O) groups excluding carboxylic acids is 1. The summed E-state index contributed by atoms with van der Waals surface area (Å²) in [5, 5.41) is 14.0. The minimum Gasteiger partial charge on any atom is -0.308 e. The Morgan fingerprint density at radius 3 is 2.57 bits per heavy atom. The van der Waals surface area contributed by atoms with Crippen molar-refractivity contribution in [1.82, 2.24) is 15.2 Å². The van der Waals surface area contributed by atoms with Crippen molar-refractivity contribution >= 4 is 40.5 Å². The van der Waals surface area contributed by atoms with Crippen molar-refractivity contribution < 1.29 is 4.79 Å². The van der Waals surface area contributed by atoms with Gasteiger partial charge in [-0.1, -0.05) is 29.8 Å². The maximum Gasteiger partial charge on any atom is 0.323 e. The number of nitrogens with one attached hydrogen (secondary N) is 3. The topological polar surface area (TPSA) is 82.7 Å². The van der Waals surface area contributed by atoms with E-state index in [1.54, 1.807) is 12.4 Å². The number of carbonyl (C=O) groups is 1. The minimum absolute atomic E-state index is 0.292. The van der Waals surface area contributed by atoms with Crippen molar-refractivity contribution in [3.63, 3.8) is 0 Å². The molecule has 6 nitrogen and oxygen atoms in total. The van der Waals surface area contributed by atoms with Crippen LogP contribution in [0.1, 0.15) is 16.8 Å². The van der Waals surface area contributed by atoms with E-state index in [4.69, 9.17) is 0 Å². The lowest BCUT2D eigenvalue weighted by atomic mass is 10.1. The van der Waals surface area contributed by atoms with Crippen LogP contribution in [-0.2, 0) is 0 Å². The predicted octanol–water partition coefficient (Wildman–Crippen LogP) is 5.08. The van der Waals surface area contributed by atoms with E-state index in [0.717, 1.165) is 33.4 Å². The molecule has 4 rings (SSSR count). The maximum absolute atomic E-state index is 12.2. The van der Waals surface area contributed by atoms with E-state index >= 15 is 0 Å². The molecule has 2 heterocycles. The van der Waals surface area contributed by atoms with Gasteiger partial charge in [0.05, 0.1) is 11.2 Å². The Labute approximate surface area is 162 Å². The van der Waals surface area contributed by atoms with Gasteiger partial charge in [-0.25, -0.2) is 4.79 Å². The molecule has 28 heavy (non-hydrogen) atoms. The number of aryl methyl sites for hydroxylation is 1. The molecule has 0 atom stereocenters. The molecule has 138 valence electrons. The zero-order valence-electron chi connectivity index (χ0n) is 15.3. The van der Waals surface area contributed by atoms with E-state index in [1.807, 2.05) is 73.7 Å². The summed E-state index contributed by atoms with van der Waals surface area (Å²) >= 11 is 0. The highest BCUT2D eigenvalue weighted by atomic mass is 16.2. The number of fused-ring (bicyclic) bond motifs is 1. The van der Waals surface area contributed by atoms with Crippen molar-refractivity contribution in [1.29, 1.82) is 0 Å². The van der Waals surface area contributed by atoms with Gasteiger partial charge in [-0.3, -0.25) is 10.1 Å². The molecular weight excluding hydrogens is 350 g/mol. The van der Waals surface area contributed by atoms with Gasteiger partial charge in [-0.05, 0) is 55.0 Å². The van der Waals surface area contributed by atoms with E-state index in [0.29, 0.717) is 5.69 Å². The molecule has 0 unspecified atom stereocenters. The number of urea groups is 1.